The van der Waals surface area contributed by atoms with Crippen LogP contribution in [-0.2, 0) is 0 Å². The number of hydrogen-bond donors (Lipinski definition) is 0. The third kappa shape index (κ3) is 6.53. The molecule has 0 unspecified atom stereocenters. The topological polar surface area (TPSA) is 60.9 Å². The highest BCUT2D eigenvalue weighted by Gasteiger charge is 2.23. The lowest BCUT2D eigenvalue weighted by Crippen LogP contribution is -2.01. The summed E-state index contributed by atoms with van der Waals surface area (Å²) in [6.07, 6.45) is 0. The van der Waals surface area contributed by atoms with Crippen LogP contribution in [0.15, 0.2) is 231 Å². The van der Waals surface area contributed by atoms with E-state index in [9.17, 15) is 0 Å². The van der Waals surface area contributed by atoms with Gasteiger partial charge in [-0.05, 0) is 93.0 Å². The van der Waals surface area contributed by atoms with Crippen molar-refractivity contribution in [2.45, 2.75) is 0 Å². The maximum absolute atomic E-state index is 5.35. The van der Waals surface area contributed by atoms with Gasteiger partial charge in [-0.2, -0.15) is 0 Å². The maximum atomic E-state index is 5.35. The van der Waals surface area contributed by atoms with Gasteiger partial charge in [0.2, 0.25) is 5.78 Å². The van der Waals surface area contributed by atoms with E-state index in [2.05, 4.69) is 179 Å². The van der Waals surface area contributed by atoms with Crippen LogP contribution < -0.4 is 0 Å². The zero-order chi connectivity index (χ0) is 42.4. The van der Waals surface area contributed by atoms with E-state index in [4.69, 9.17) is 19.9 Å². The summed E-state index contributed by atoms with van der Waals surface area (Å²) in [5, 5.41) is 0. The highest BCUT2D eigenvalue weighted by Crippen LogP contribution is 2.44. The summed E-state index contributed by atoms with van der Waals surface area (Å²) < 4.78 is 4.60. The summed E-state index contributed by atoms with van der Waals surface area (Å²) in [7, 11) is 0. The van der Waals surface area contributed by atoms with Crippen molar-refractivity contribution in [3.63, 3.8) is 0 Å². The molecule has 0 bridgehead atoms. The Morgan fingerprint density at radius 1 is 0.281 bits per heavy atom. The van der Waals surface area contributed by atoms with Crippen LogP contribution in [0.3, 0.4) is 0 Å². The lowest BCUT2D eigenvalue weighted by molar-refractivity contribution is 1.07. The second-order valence-electron chi connectivity index (χ2n) is 15.9. The molecule has 12 rings (SSSR count). The minimum atomic E-state index is 0.601. The van der Waals surface area contributed by atoms with Gasteiger partial charge in [0.05, 0.1) is 22.1 Å². The number of aromatic nitrogens is 6. The van der Waals surface area contributed by atoms with E-state index in [0.29, 0.717) is 17.5 Å². The SMILES string of the molecule is c1ccc(-c2ccc3c(c2)n2c4cc(-c5c(-c6ccccc6)cc(-c6nc(-c7ccccc7)nc(-c7ccccc7)n6)cc5-c5ccccc5)ccc4nc2n3-c2ccccc2)cc1. The molecule has 6 nitrogen and oxygen atoms in total. The Bertz CT molecular complexity index is 3500. The van der Waals surface area contributed by atoms with Crippen LogP contribution in [-0.4, -0.2) is 28.9 Å². The predicted molar refractivity (Wildman–Crippen MR) is 261 cm³/mol. The normalized spacial score (nSPS) is 11.4. The van der Waals surface area contributed by atoms with E-state index in [-0.39, 0.29) is 0 Å². The molecule has 64 heavy (non-hydrogen) atoms. The monoisotopic (exact) mass is 818 g/mol. The zero-order valence-electron chi connectivity index (χ0n) is 34.6. The zero-order valence-corrected chi connectivity index (χ0v) is 34.6. The summed E-state index contributed by atoms with van der Waals surface area (Å²) in [6.45, 7) is 0. The molecule has 0 saturated heterocycles. The van der Waals surface area contributed by atoms with Gasteiger partial charge < -0.3 is 0 Å². The number of para-hydroxylation sites is 1. The average molecular weight is 819 g/mol. The second kappa shape index (κ2) is 15.6. The van der Waals surface area contributed by atoms with Gasteiger partial charge in [0, 0.05) is 22.4 Å². The smallest absolute Gasteiger partial charge is 0.220 e. The quantitative estimate of drug-likeness (QED) is 0.153. The Labute approximate surface area is 370 Å². The Morgan fingerprint density at radius 3 is 1.25 bits per heavy atom. The lowest BCUT2D eigenvalue weighted by Gasteiger charge is -2.19. The Hall–Kier alpha value is -8.74. The van der Waals surface area contributed by atoms with Gasteiger partial charge in [-0.1, -0.05) is 182 Å². The molecule has 0 amide bonds. The molecule has 0 atom stereocenters. The minimum Gasteiger partial charge on any atom is -0.278 e. The van der Waals surface area contributed by atoms with Crippen molar-refractivity contribution in [3.05, 3.63) is 231 Å². The van der Waals surface area contributed by atoms with E-state index in [1.807, 2.05) is 60.7 Å². The van der Waals surface area contributed by atoms with Crippen LogP contribution in [0.5, 0.6) is 0 Å². The molecule has 0 N–H and O–H groups in total. The van der Waals surface area contributed by atoms with Crippen LogP contribution >= 0.6 is 0 Å². The Kier molecular flexibility index (Phi) is 9.05. The molecule has 0 aliphatic rings. The first-order chi connectivity index (χ1) is 31.7. The first kappa shape index (κ1) is 37.1. The van der Waals surface area contributed by atoms with Crippen molar-refractivity contribution in [2.75, 3.05) is 0 Å². The van der Waals surface area contributed by atoms with E-state index in [1.54, 1.807) is 0 Å². The van der Waals surface area contributed by atoms with Crippen molar-refractivity contribution >= 4 is 27.8 Å². The third-order valence-electron chi connectivity index (χ3n) is 12.0. The van der Waals surface area contributed by atoms with Crippen LogP contribution in [0.1, 0.15) is 0 Å². The molecule has 9 aromatic carbocycles. The van der Waals surface area contributed by atoms with Gasteiger partial charge in [0.25, 0.3) is 0 Å². The van der Waals surface area contributed by atoms with Gasteiger partial charge in [0.1, 0.15) is 0 Å². The first-order valence-corrected chi connectivity index (χ1v) is 21.5. The summed E-state index contributed by atoms with van der Waals surface area (Å²) >= 11 is 0. The van der Waals surface area contributed by atoms with Gasteiger partial charge >= 0.3 is 0 Å². The van der Waals surface area contributed by atoms with Crippen LogP contribution in [0.4, 0.5) is 0 Å². The fraction of sp³-hybridized carbons (Fsp3) is 0. The number of imidazole rings is 2. The van der Waals surface area contributed by atoms with Crippen molar-refractivity contribution in [3.8, 4) is 84.4 Å². The number of nitrogens with zero attached hydrogens (tertiary/aromatic N) is 6. The third-order valence-corrected chi connectivity index (χ3v) is 12.0. The average Bonchev–Trinajstić information content (AvgIpc) is 3.91. The Morgan fingerprint density at radius 2 is 0.719 bits per heavy atom. The highest BCUT2D eigenvalue weighted by molar-refractivity contribution is 6.01. The molecule has 0 radical (unpaired) electrons. The van der Waals surface area contributed by atoms with Crippen molar-refractivity contribution in [1.29, 1.82) is 0 Å². The molecule has 0 spiro atoms. The maximum Gasteiger partial charge on any atom is 0.220 e. The number of fused-ring (bicyclic) bond motifs is 5. The van der Waals surface area contributed by atoms with Crippen LogP contribution in [0.2, 0.25) is 0 Å². The van der Waals surface area contributed by atoms with E-state index in [0.717, 1.165) is 89.2 Å². The fourth-order valence-corrected chi connectivity index (χ4v) is 8.96. The molecule has 3 aromatic heterocycles. The Balaban J connectivity index is 1.14. The minimum absolute atomic E-state index is 0.601. The molecule has 12 aromatic rings. The molecule has 0 aliphatic carbocycles. The molecule has 6 heteroatoms. The predicted octanol–water partition coefficient (Wildman–Crippen LogP) is 14.3. The van der Waals surface area contributed by atoms with E-state index >= 15 is 0 Å². The summed E-state index contributed by atoms with van der Waals surface area (Å²) in [4.78, 5) is 20.7. The van der Waals surface area contributed by atoms with Crippen molar-refractivity contribution in [1.82, 2.24) is 28.9 Å². The first-order valence-electron chi connectivity index (χ1n) is 21.5. The number of benzene rings is 9. The standard InChI is InChI=1S/C58H38N6/c1-7-19-39(20-8-1)44-32-34-51-53(37-44)64-52-38-45(31-33-50(52)59-58(64)63(51)47-29-17-6-18-30-47)54-48(40-21-9-2-10-22-40)35-46(36-49(54)41-23-11-3-12-24-41)57-61-55(42-25-13-4-14-26-42)60-56(62-57)43-27-15-5-16-28-43/h1-38H. The second-order valence-corrected chi connectivity index (χ2v) is 15.9. The van der Waals surface area contributed by atoms with E-state index in [1.165, 1.54) is 5.56 Å². The molecule has 0 fully saturated rings. The van der Waals surface area contributed by atoms with Crippen LogP contribution in [0.25, 0.3) is 112 Å². The van der Waals surface area contributed by atoms with Gasteiger partial charge in [-0.25, -0.2) is 19.9 Å². The molecular formula is C58H38N6. The summed E-state index contributed by atoms with van der Waals surface area (Å²) in [5.41, 5.74) is 16.7. The molecule has 0 saturated carbocycles. The van der Waals surface area contributed by atoms with E-state index < -0.39 is 0 Å². The van der Waals surface area contributed by atoms with Gasteiger partial charge in [-0.3, -0.25) is 8.97 Å². The number of hydrogen-bond acceptors (Lipinski definition) is 4. The van der Waals surface area contributed by atoms with Crippen molar-refractivity contribution < 1.29 is 0 Å². The highest BCUT2D eigenvalue weighted by atomic mass is 15.2. The lowest BCUT2D eigenvalue weighted by atomic mass is 9.85. The number of rotatable bonds is 8. The van der Waals surface area contributed by atoms with Crippen molar-refractivity contribution in [2.24, 2.45) is 0 Å². The van der Waals surface area contributed by atoms with Gasteiger partial charge in [-0.15, -0.1) is 0 Å². The largest absolute Gasteiger partial charge is 0.278 e. The van der Waals surface area contributed by atoms with Gasteiger partial charge in [0.15, 0.2) is 17.5 Å². The molecule has 3 heterocycles. The fourth-order valence-electron chi connectivity index (χ4n) is 8.96. The summed E-state index contributed by atoms with van der Waals surface area (Å²) in [5.74, 6) is 2.70. The molecular weight excluding hydrogens is 781 g/mol. The molecule has 0 aliphatic heterocycles. The van der Waals surface area contributed by atoms with Crippen LogP contribution in [0, 0.1) is 0 Å². The molecule has 300 valence electrons. The summed E-state index contributed by atoms with van der Waals surface area (Å²) in [6, 6.07) is 80.6.